The fourth-order valence-electron chi connectivity index (χ4n) is 2.21. The van der Waals surface area contributed by atoms with Gasteiger partial charge in [-0.3, -0.25) is 0 Å². The Morgan fingerprint density at radius 2 is 1.82 bits per heavy atom. The summed E-state index contributed by atoms with van der Waals surface area (Å²) < 4.78 is 0. The predicted molar refractivity (Wildman–Crippen MR) is 76.3 cm³/mol. The molecule has 0 spiro atoms. The molecule has 0 heterocycles. The van der Waals surface area contributed by atoms with Crippen LogP contribution in [0.2, 0.25) is 0 Å². The van der Waals surface area contributed by atoms with Crippen LogP contribution in [0.1, 0.15) is 64.1 Å². The second-order valence-electron chi connectivity index (χ2n) is 5.95. The van der Waals surface area contributed by atoms with Crippen LogP contribution in [0, 0.1) is 6.92 Å². The van der Waals surface area contributed by atoms with Crippen LogP contribution in [0.15, 0.2) is 24.3 Å². The number of nitrogens with one attached hydrogen (secondary N) is 1. The Balaban J connectivity index is 2.86. The van der Waals surface area contributed by atoms with E-state index in [1.807, 2.05) is 0 Å². The molecular formula is C16H27N. The lowest BCUT2D eigenvalue weighted by molar-refractivity contribution is 0.344. The molecule has 0 bridgehead atoms. The molecule has 1 heteroatoms. The maximum absolute atomic E-state index is 3.75. The summed E-state index contributed by atoms with van der Waals surface area (Å²) in [4.78, 5) is 0. The van der Waals surface area contributed by atoms with Gasteiger partial charge in [0.1, 0.15) is 0 Å². The lowest BCUT2D eigenvalue weighted by Gasteiger charge is -2.30. The molecule has 1 rings (SSSR count). The zero-order chi connectivity index (χ0) is 12.9. The lowest BCUT2D eigenvalue weighted by atomic mass is 9.94. The van der Waals surface area contributed by atoms with E-state index in [0.29, 0.717) is 6.04 Å². The normalized spacial score (nSPS) is 13.7. The topological polar surface area (TPSA) is 12.0 Å². The van der Waals surface area contributed by atoms with Crippen molar-refractivity contribution >= 4 is 0 Å². The zero-order valence-electron chi connectivity index (χ0n) is 12.0. The van der Waals surface area contributed by atoms with E-state index in [1.54, 1.807) is 0 Å². The first-order valence-electron chi connectivity index (χ1n) is 6.77. The van der Waals surface area contributed by atoms with E-state index in [4.69, 9.17) is 0 Å². The Labute approximate surface area is 107 Å². The van der Waals surface area contributed by atoms with Crippen molar-refractivity contribution in [3.63, 3.8) is 0 Å². The van der Waals surface area contributed by atoms with Crippen molar-refractivity contribution in [2.75, 3.05) is 0 Å². The minimum atomic E-state index is 0.167. The Hall–Kier alpha value is -0.820. The van der Waals surface area contributed by atoms with Crippen LogP contribution in [-0.4, -0.2) is 5.54 Å². The summed E-state index contributed by atoms with van der Waals surface area (Å²) >= 11 is 0. The number of unbranched alkanes of at least 4 members (excludes halogenated alkanes) is 1. The summed E-state index contributed by atoms with van der Waals surface area (Å²) in [6, 6.07) is 9.21. The van der Waals surface area contributed by atoms with E-state index in [0.717, 1.165) is 0 Å². The minimum Gasteiger partial charge on any atom is -0.305 e. The highest BCUT2D eigenvalue weighted by Crippen LogP contribution is 2.25. The van der Waals surface area contributed by atoms with Crippen molar-refractivity contribution in [2.45, 2.75) is 65.5 Å². The van der Waals surface area contributed by atoms with Crippen molar-refractivity contribution in [3.05, 3.63) is 35.4 Å². The molecule has 1 aromatic carbocycles. The molecule has 0 saturated carbocycles. The standard InChI is InChI=1S/C16H27N/c1-6-7-12-15(17-16(3,4)5)14-11-9-8-10-13(14)2/h8-11,15,17H,6-7,12H2,1-5H3. The third-order valence-corrected chi connectivity index (χ3v) is 3.02. The molecule has 0 amide bonds. The monoisotopic (exact) mass is 233 g/mol. The molecule has 96 valence electrons. The Kier molecular flexibility index (Phi) is 5.20. The van der Waals surface area contributed by atoms with Gasteiger partial charge in [-0.25, -0.2) is 0 Å². The van der Waals surface area contributed by atoms with Gasteiger partial charge >= 0.3 is 0 Å². The average Bonchev–Trinajstić information content (AvgIpc) is 2.23. The summed E-state index contributed by atoms with van der Waals surface area (Å²) in [5.41, 5.74) is 3.02. The van der Waals surface area contributed by atoms with Gasteiger partial charge in [0.15, 0.2) is 0 Å². The van der Waals surface area contributed by atoms with Gasteiger partial charge in [-0.05, 0) is 45.2 Å². The summed E-state index contributed by atoms with van der Waals surface area (Å²) in [5, 5.41) is 3.75. The maximum Gasteiger partial charge on any atom is 0.0327 e. The SMILES string of the molecule is CCCCC(NC(C)(C)C)c1ccccc1C. The first kappa shape index (κ1) is 14.2. The quantitative estimate of drug-likeness (QED) is 0.783. The highest BCUT2D eigenvalue weighted by Gasteiger charge is 2.19. The van der Waals surface area contributed by atoms with Crippen molar-refractivity contribution in [2.24, 2.45) is 0 Å². The summed E-state index contributed by atoms with van der Waals surface area (Å²) in [6.45, 7) is 11.2. The third-order valence-electron chi connectivity index (χ3n) is 3.02. The molecule has 0 saturated heterocycles. The van der Waals surface area contributed by atoms with Gasteiger partial charge in [-0.1, -0.05) is 44.0 Å². The number of benzene rings is 1. The molecular weight excluding hydrogens is 206 g/mol. The van der Waals surface area contributed by atoms with Crippen LogP contribution in [0.4, 0.5) is 0 Å². The number of aryl methyl sites for hydroxylation is 1. The fraction of sp³-hybridized carbons (Fsp3) is 0.625. The minimum absolute atomic E-state index is 0.167. The summed E-state index contributed by atoms with van der Waals surface area (Å²) in [7, 11) is 0. The largest absolute Gasteiger partial charge is 0.305 e. The Morgan fingerprint density at radius 1 is 1.18 bits per heavy atom. The maximum atomic E-state index is 3.75. The molecule has 0 aliphatic carbocycles. The van der Waals surface area contributed by atoms with E-state index in [-0.39, 0.29) is 5.54 Å². The Bertz CT molecular complexity index is 336. The van der Waals surface area contributed by atoms with Gasteiger partial charge in [0.2, 0.25) is 0 Å². The van der Waals surface area contributed by atoms with Crippen LogP contribution in [0.3, 0.4) is 0 Å². The number of hydrogen-bond acceptors (Lipinski definition) is 1. The second kappa shape index (κ2) is 6.20. The molecule has 17 heavy (non-hydrogen) atoms. The fourth-order valence-corrected chi connectivity index (χ4v) is 2.21. The summed E-state index contributed by atoms with van der Waals surface area (Å²) in [6.07, 6.45) is 3.76. The van der Waals surface area contributed by atoms with E-state index in [2.05, 4.69) is 64.2 Å². The van der Waals surface area contributed by atoms with E-state index in [1.165, 1.54) is 30.4 Å². The van der Waals surface area contributed by atoms with Crippen LogP contribution < -0.4 is 5.32 Å². The van der Waals surface area contributed by atoms with Gasteiger partial charge in [0.25, 0.3) is 0 Å². The smallest absolute Gasteiger partial charge is 0.0327 e. The average molecular weight is 233 g/mol. The molecule has 1 unspecified atom stereocenters. The molecule has 1 nitrogen and oxygen atoms in total. The summed E-state index contributed by atoms with van der Waals surface area (Å²) in [5.74, 6) is 0. The first-order valence-corrected chi connectivity index (χ1v) is 6.77. The van der Waals surface area contributed by atoms with Crippen LogP contribution in [0.5, 0.6) is 0 Å². The van der Waals surface area contributed by atoms with Crippen LogP contribution in [-0.2, 0) is 0 Å². The first-order chi connectivity index (χ1) is 7.94. The molecule has 0 aliphatic heterocycles. The molecule has 0 aromatic heterocycles. The van der Waals surface area contributed by atoms with Crippen LogP contribution >= 0.6 is 0 Å². The molecule has 1 aromatic rings. The van der Waals surface area contributed by atoms with Gasteiger partial charge in [-0.15, -0.1) is 0 Å². The van der Waals surface area contributed by atoms with Crippen LogP contribution in [0.25, 0.3) is 0 Å². The molecule has 0 aliphatic rings. The van der Waals surface area contributed by atoms with E-state index in [9.17, 15) is 0 Å². The zero-order valence-corrected chi connectivity index (χ0v) is 12.0. The number of hydrogen-bond donors (Lipinski definition) is 1. The molecule has 0 radical (unpaired) electrons. The van der Waals surface area contributed by atoms with Crippen molar-refractivity contribution < 1.29 is 0 Å². The van der Waals surface area contributed by atoms with Crippen molar-refractivity contribution in [1.82, 2.24) is 5.32 Å². The molecule has 1 N–H and O–H groups in total. The number of rotatable bonds is 5. The van der Waals surface area contributed by atoms with Gasteiger partial charge in [0, 0.05) is 11.6 Å². The van der Waals surface area contributed by atoms with Gasteiger partial charge in [-0.2, -0.15) is 0 Å². The van der Waals surface area contributed by atoms with Gasteiger partial charge < -0.3 is 5.32 Å². The Morgan fingerprint density at radius 3 is 2.35 bits per heavy atom. The predicted octanol–water partition coefficient (Wildman–Crippen LogP) is 4.61. The third kappa shape index (κ3) is 4.91. The van der Waals surface area contributed by atoms with E-state index < -0.39 is 0 Å². The highest BCUT2D eigenvalue weighted by atomic mass is 15.0. The highest BCUT2D eigenvalue weighted by molar-refractivity contribution is 5.28. The lowest BCUT2D eigenvalue weighted by Crippen LogP contribution is -2.39. The second-order valence-corrected chi connectivity index (χ2v) is 5.95. The van der Waals surface area contributed by atoms with Crippen molar-refractivity contribution in [3.8, 4) is 0 Å². The molecule has 0 fully saturated rings. The van der Waals surface area contributed by atoms with Crippen molar-refractivity contribution in [1.29, 1.82) is 0 Å². The van der Waals surface area contributed by atoms with Gasteiger partial charge in [0.05, 0.1) is 0 Å². The van der Waals surface area contributed by atoms with E-state index >= 15 is 0 Å². The molecule has 1 atom stereocenters.